The Morgan fingerprint density at radius 2 is 2.19 bits per heavy atom. The van der Waals surface area contributed by atoms with Gasteiger partial charge in [0.05, 0.1) is 18.5 Å². The largest absolute Gasteiger partial charge is 0.505 e. The molecule has 0 atom stereocenters. The third kappa shape index (κ3) is 4.01. The molecule has 1 aliphatic rings. The first-order valence-electron chi connectivity index (χ1n) is 7.82. The predicted octanol–water partition coefficient (Wildman–Crippen LogP) is 1.31. The zero-order valence-electron chi connectivity index (χ0n) is 14.0. The number of aliphatic hydroxyl groups is 1. The number of pyridine rings is 1. The Morgan fingerprint density at radius 1 is 1.38 bits per heavy atom. The summed E-state index contributed by atoms with van der Waals surface area (Å²) in [5.74, 6) is 1.41. The summed E-state index contributed by atoms with van der Waals surface area (Å²) in [5.41, 5.74) is 4.97. The molecule has 0 unspecified atom stereocenters. The number of aliphatic hydroxyl groups excluding tert-OH is 1. The highest BCUT2D eigenvalue weighted by Crippen LogP contribution is 2.32. The van der Waals surface area contributed by atoms with Crippen LogP contribution in [-0.2, 0) is 13.2 Å². The van der Waals surface area contributed by atoms with E-state index in [-0.39, 0.29) is 19.1 Å². The van der Waals surface area contributed by atoms with Gasteiger partial charge in [-0.25, -0.2) is 0 Å². The van der Waals surface area contributed by atoms with Crippen LogP contribution in [0, 0.1) is 6.92 Å². The van der Waals surface area contributed by atoms with Crippen LogP contribution < -0.4 is 20.2 Å². The molecule has 9 heteroatoms. The van der Waals surface area contributed by atoms with E-state index in [1.165, 1.54) is 12.4 Å². The van der Waals surface area contributed by atoms with Gasteiger partial charge >= 0.3 is 0 Å². The van der Waals surface area contributed by atoms with E-state index < -0.39 is 0 Å². The minimum Gasteiger partial charge on any atom is -0.505 e. The molecule has 8 nitrogen and oxygen atoms in total. The van der Waals surface area contributed by atoms with E-state index in [1.54, 1.807) is 6.92 Å². The molecule has 0 radical (unpaired) electrons. The maximum atomic E-state index is 10.0. The average molecular weight is 374 g/mol. The molecule has 4 N–H and O–H groups in total. The number of nitrogens with zero attached hydrogens (tertiary/aromatic N) is 2. The van der Waals surface area contributed by atoms with Crippen molar-refractivity contribution in [1.29, 1.82) is 0 Å². The van der Waals surface area contributed by atoms with Gasteiger partial charge in [-0.05, 0) is 36.8 Å². The van der Waals surface area contributed by atoms with Gasteiger partial charge in [0.1, 0.15) is 5.75 Å². The van der Waals surface area contributed by atoms with Crippen molar-refractivity contribution in [2.24, 2.45) is 5.10 Å². The monoisotopic (exact) mass is 374 g/mol. The van der Waals surface area contributed by atoms with Crippen LogP contribution in [0.3, 0.4) is 0 Å². The zero-order chi connectivity index (χ0) is 18.5. The van der Waals surface area contributed by atoms with E-state index in [9.17, 15) is 10.2 Å². The molecule has 0 amide bonds. The van der Waals surface area contributed by atoms with Gasteiger partial charge in [-0.1, -0.05) is 6.07 Å². The van der Waals surface area contributed by atoms with Gasteiger partial charge in [-0.15, -0.1) is 0 Å². The fourth-order valence-corrected chi connectivity index (χ4v) is 2.48. The molecule has 0 spiro atoms. The van der Waals surface area contributed by atoms with Gasteiger partial charge in [0.15, 0.2) is 16.6 Å². The quantitative estimate of drug-likeness (QED) is 0.353. The minimum atomic E-state index is -0.255. The maximum absolute atomic E-state index is 10.0. The van der Waals surface area contributed by atoms with Crippen molar-refractivity contribution in [3.05, 3.63) is 46.8 Å². The van der Waals surface area contributed by atoms with Crippen LogP contribution in [0.15, 0.2) is 29.5 Å². The second kappa shape index (κ2) is 7.98. The first-order chi connectivity index (χ1) is 12.6. The number of thiocarbonyl (C=S) groups is 1. The lowest BCUT2D eigenvalue weighted by atomic mass is 10.1. The second-order valence-corrected chi connectivity index (χ2v) is 5.94. The number of fused-ring (bicyclic) bond motifs is 1. The van der Waals surface area contributed by atoms with Crippen molar-refractivity contribution in [2.75, 3.05) is 6.79 Å². The maximum Gasteiger partial charge on any atom is 0.231 e. The van der Waals surface area contributed by atoms with Gasteiger partial charge in [0, 0.05) is 23.9 Å². The molecule has 2 heterocycles. The normalized spacial score (nSPS) is 12.4. The Hall–Kier alpha value is -2.91. The number of hydrazone groups is 1. The van der Waals surface area contributed by atoms with Crippen LogP contribution in [0.5, 0.6) is 17.2 Å². The fraction of sp³-hybridized carbons (Fsp3) is 0.235. The predicted molar refractivity (Wildman–Crippen MR) is 99.3 cm³/mol. The van der Waals surface area contributed by atoms with E-state index in [0.717, 1.165) is 11.3 Å². The van der Waals surface area contributed by atoms with Crippen molar-refractivity contribution in [1.82, 2.24) is 15.7 Å². The summed E-state index contributed by atoms with van der Waals surface area (Å²) in [6.07, 6.45) is 2.89. The van der Waals surface area contributed by atoms with Crippen LogP contribution >= 0.6 is 12.2 Å². The smallest absolute Gasteiger partial charge is 0.231 e. The number of rotatable bonds is 5. The van der Waals surface area contributed by atoms with Crippen molar-refractivity contribution in [2.45, 2.75) is 20.1 Å². The number of ether oxygens (including phenoxy) is 2. The lowest BCUT2D eigenvalue weighted by Crippen LogP contribution is -2.31. The van der Waals surface area contributed by atoms with Gasteiger partial charge in [0.25, 0.3) is 0 Å². The molecule has 1 aromatic carbocycles. The van der Waals surface area contributed by atoms with Crippen LogP contribution in [0.2, 0.25) is 0 Å². The van der Waals surface area contributed by atoms with Gasteiger partial charge in [-0.2, -0.15) is 5.10 Å². The Morgan fingerprint density at radius 3 is 3.00 bits per heavy atom. The third-order valence-corrected chi connectivity index (χ3v) is 4.01. The number of hydrogen-bond acceptors (Lipinski definition) is 7. The topological polar surface area (TPSA) is 108 Å². The summed E-state index contributed by atoms with van der Waals surface area (Å²) in [6.45, 7) is 2.13. The molecule has 1 aromatic heterocycles. The van der Waals surface area contributed by atoms with Crippen molar-refractivity contribution in [3.8, 4) is 17.2 Å². The number of aromatic hydroxyl groups is 1. The summed E-state index contributed by atoms with van der Waals surface area (Å²) >= 11 is 5.17. The number of benzene rings is 1. The first kappa shape index (κ1) is 17.9. The number of aryl methyl sites for hydroxylation is 1. The molecule has 0 aliphatic carbocycles. The van der Waals surface area contributed by atoms with E-state index in [2.05, 4.69) is 20.8 Å². The number of hydrogen-bond donors (Lipinski definition) is 4. The molecule has 0 saturated carbocycles. The molecule has 26 heavy (non-hydrogen) atoms. The highest BCUT2D eigenvalue weighted by molar-refractivity contribution is 7.80. The zero-order valence-corrected chi connectivity index (χ0v) is 14.8. The second-order valence-electron chi connectivity index (χ2n) is 5.53. The molecule has 3 rings (SSSR count). The van der Waals surface area contributed by atoms with E-state index in [1.807, 2.05) is 18.2 Å². The summed E-state index contributed by atoms with van der Waals surface area (Å²) in [5, 5.41) is 26.7. The summed E-state index contributed by atoms with van der Waals surface area (Å²) in [7, 11) is 0. The van der Waals surface area contributed by atoms with Gasteiger partial charge in [0.2, 0.25) is 6.79 Å². The van der Waals surface area contributed by atoms with Crippen molar-refractivity contribution in [3.63, 3.8) is 0 Å². The van der Waals surface area contributed by atoms with Crippen LogP contribution in [0.25, 0.3) is 0 Å². The average Bonchev–Trinajstić information content (AvgIpc) is 3.11. The van der Waals surface area contributed by atoms with Gasteiger partial charge in [-0.3, -0.25) is 10.4 Å². The highest BCUT2D eigenvalue weighted by atomic mass is 32.1. The Labute approximate surface area is 155 Å². The van der Waals surface area contributed by atoms with Gasteiger partial charge < -0.3 is 25.0 Å². The summed E-state index contributed by atoms with van der Waals surface area (Å²) in [4.78, 5) is 3.99. The Balaban J connectivity index is 1.56. The van der Waals surface area contributed by atoms with Crippen molar-refractivity contribution < 1.29 is 19.7 Å². The molecule has 136 valence electrons. The standard InChI is InChI=1S/C17H18N4O4S/c1-10-16(23)13(12(8-22)6-18-10)7-20-21-17(26)19-5-11-2-3-14-15(4-11)25-9-24-14/h2-4,6-7,22-23H,5,8-9H2,1H3,(H2,19,21,26)/b20-7+. The van der Waals surface area contributed by atoms with Crippen LogP contribution in [0.1, 0.15) is 22.4 Å². The summed E-state index contributed by atoms with van der Waals surface area (Å²) in [6, 6.07) is 5.64. The van der Waals surface area contributed by atoms with E-state index in [4.69, 9.17) is 21.7 Å². The SMILES string of the molecule is Cc1ncc(CO)c(/C=N/NC(=S)NCc2ccc3c(c2)OCO3)c1O. The Bertz CT molecular complexity index is 857. The Kier molecular flexibility index (Phi) is 5.49. The lowest BCUT2D eigenvalue weighted by Gasteiger charge is -2.09. The number of aromatic nitrogens is 1. The third-order valence-electron chi connectivity index (χ3n) is 3.78. The van der Waals surface area contributed by atoms with Crippen LogP contribution in [0.4, 0.5) is 0 Å². The first-order valence-corrected chi connectivity index (χ1v) is 8.23. The molecular weight excluding hydrogens is 356 g/mol. The summed E-state index contributed by atoms with van der Waals surface area (Å²) < 4.78 is 10.6. The minimum absolute atomic E-state index is 0.0265. The molecule has 0 fully saturated rings. The van der Waals surface area contributed by atoms with Crippen LogP contribution in [-0.4, -0.2) is 33.3 Å². The molecule has 0 saturated heterocycles. The molecule has 0 bridgehead atoms. The lowest BCUT2D eigenvalue weighted by molar-refractivity contribution is 0.174. The fourth-order valence-electron chi connectivity index (χ4n) is 2.35. The number of nitrogens with one attached hydrogen (secondary N) is 2. The molecule has 1 aliphatic heterocycles. The molecule has 2 aromatic rings. The van der Waals surface area contributed by atoms with Crippen molar-refractivity contribution >= 4 is 23.5 Å². The van der Waals surface area contributed by atoms with E-state index in [0.29, 0.717) is 34.2 Å². The van der Waals surface area contributed by atoms with E-state index >= 15 is 0 Å². The molecular formula is C17H18N4O4S. The highest BCUT2D eigenvalue weighted by Gasteiger charge is 2.13.